The van der Waals surface area contributed by atoms with E-state index in [1.165, 1.54) is 18.5 Å². The van der Waals surface area contributed by atoms with Crippen molar-refractivity contribution in [1.82, 2.24) is 4.90 Å². The molecule has 0 spiro atoms. The Kier molecular flexibility index (Phi) is 2.96. The normalized spacial score (nSPS) is 24.5. The molecule has 1 aliphatic carbocycles. The van der Waals surface area contributed by atoms with E-state index in [2.05, 4.69) is 11.0 Å². The molecule has 0 amide bonds. The summed E-state index contributed by atoms with van der Waals surface area (Å²) >= 11 is 5.22. The highest BCUT2D eigenvalue weighted by Gasteiger charge is 2.16. The number of allylic oxidation sites excluding steroid dienone is 2. The van der Waals surface area contributed by atoms with E-state index in [4.69, 9.17) is 17.0 Å². The summed E-state index contributed by atoms with van der Waals surface area (Å²) in [6.45, 7) is 3.80. The predicted octanol–water partition coefficient (Wildman–Crippen LogP) is 1.76. The van der Waals surface area contributed by atoms with Gasteiger partial charge >= 0.3 is 0 Å². The van der Waals surface area contributed by atoms with Gasteiger partial charge in [-0.15, -0.1) is 0 Å². The monoisotopic (exact) mass is 197 g/mol. The average molecular weight is 197 g/mol. The highest BCUT2D eigenvalue weighted by Crippen LogP contribution is 2.20. The summed E-state index contributed by atoms with van der Waals surface area (Å²) in [6.07, 6.45) is 5.70. The van der Waals surface area contributed by atoms with E-state index in [1.807, 2.05) is 0 Å². The van der Waals surface area contributed by atoms with Crippen LogP contribution in [0.15, 0.2) is 11.8 Å². The third-order valence-corrected chi connectivity index (χ3v) is 2.92. The molecule has 0 aromatic heterocycles. The van der Waals surface area contributed by atoms with Crippen molar-refractivity contribution in [3.05, 3.63) is 11.8 Å². The number of nitrogens with zero attached hydrogens (tertiary/aromatic N) is 1. The van der Waals surface area contributed by atoms with Gasteiger partial charge in [0.1, 0.15) is 0 Å². The molecule has 0 bridgehead atoms. The Bertz CT molecular complexity index is 231. The van der Waals surface area contributed by atoms with Crippen LogP contribution in [0.2, 0.25) is 0 Å². The zero-order valence-corrected chi connectivity index (χ0v) is 8.61. The molecule has 13 heavy (non-hydrogen) atoms. The van der Waals surface area contributed by atoms with Crippen LogP contribution in [0.3, 0.4) is 0 Å². The van der Waals surface area contributed by atoms with E-state index in [9.17, 15) is 0 Å². The van der Waals surface area contributed by atoms with Gasteiger partial charge in [0.15, 0.2) is 0 Å². The molecule has 72 valence electrons. The van der Waals surface area contributed by atoms with Gasteiger partial charge < -0.3 is 9.64 Å². The van der Waals surface area contributed by atoms with Crippen LogP contribution in [0.5, 0.6) is 0 Å². The lowest BCUT2D eigenvalue weighted by atomic mass is 10.0. The molecule has 0 aromatic rings. The number of rotatable bonds is 1. The standard InChI is InChI=1S/C10H15NOS/c13-10-3-1-2-9(8-10)11-4-6-12-7-5-11/h8H,1-7H2. The van der Waals surface area contributed by atoms with Gasteiger partial charge in [0.25, 0.3) is 0 Å². The van der Waals surface area contributed by atoms with Crippen LogP contribution in [0.1, 0.15) is 19.3 Å². The summed E-state index contributed by atoms with van der Waals surface area (Å²) in [4.78, 5) is 3.53. The minimum atomic E-state index is 0.865. The fourth-order valence-electron chi connectivity index (χ4n) is 1.87. The molecule has 3 heteroatoms. The minimum Gasteiger partial charge on any atom is -0.378 e. The SMILES string of the molecule is S=C1C=C(N2CCOCC2)CCC1. The van der Waals surface area contributed by atoms with E-state index < -0.39 is 0 Å². The highest BCUT2D eigenvalue weighted by atomic mass is 32.1. The van der Waals surface area contributed by atoms with E-state index in [0.717, 1.165) is 37.6 Å². The molecule has 2 rings (SSSR count). The van der Waals surface area contributed by atoms with Crippen molar-refractivity contribution in [2.24, 2.45) is 0 Å². The second-order valence-electron chi connectivity index (χ2n) is 3.55. The lowest BCUT2D eigenvalue weighted by Gasteiger charge is -2.32. The van der Waals surface area contributed by atoms with Crippen LogP contribution in [0.4, 0.5) is 0 Å². The number of thiocarbonyl (C=S) groups is 1. The quantitative estimate of drug-likeness (QED) is 0.594. The number of morpholine rings is 1. The molecule has 1 aliphatic heterocycles. The van der Waals surface area contributed by atoms with Gasteiger partial charge in [0.2, 0.25) is 0 Å². The Balaban J connectivity index is 2.01. The molecule has 0 unspecified atom stereocenters. The van der Waals surface area contributed by atoms with Crippen LogP contribution >= 0.6 is 12.2 Å². The fourth-order valence-corrected chi connectivity index (χ4v) is 2.15. The molecule has 1 heterocycles. The molecule has 0 atom stereocenters. The molecule has 0 N–H and O–H groups in total. The van der Waals surface area contributed by atoms with E-state index in [0.29, 0.717) is 0 Å². The molecule has 2 aliphatic rings. The topological polar surface area (TPSA) is 12.5 Å². The van der Waals surface area contributed by atoms with Gasteiger partial charge in [-0.2, -0.15) is 0 Å². The molecule has 1 fully saturated rings. The molecular weight excluding hydrogens is 182 g/mol. The van der Waals surface area contributed by atoms with Crippen molar-refractivity contribution in [1.29, 1.82) is 0 Å². The van der Waals surface area contributed by atoms with Gasteiger partial charge in [-0.05, 0) is 25.3 Å². The van der Waals surface area contributed by atoms with Crippen molar-refractivity contribution in [2.45, 2.75) is 19.3 Å². The summed E-state index contributed by atoms with van der Waals surface area (Å²) in [7, 11) is 0. The second kappa shape index (κ2) is 4.20. The molecular formula is C10H15NOS. The van der Waals surface area contributed by atoms with Gasteiger partial charge in [-0.3, -0.25) is 0 Å². The van der Waals surface area contributed by atoms with E-state index in [-0.39, 0.29) is 0 Å². The summed E-state index contributed by atoms with van der Waals surface area (Å²) in [5.41, 5.74) is 1.43. The first kappa shape index (κ1) is 9.16. The summed E-state index contributed by atoms with van der Waals surface area (Å²) in [5, 5.41) is 0. The van der Waals surface area contributed by atoms with E-state index >= 15 is 0 Å². The fraction of sp³-hybridized carbons (Fsp3) is 0.700. The summed E-state index contributed by atoms with van der Waals surface area (Å²) < 4.78 is 5.32. The Morgan fingerprint density at radius 1 is 1.23 bits per heavy atom. The first-order valence-corrected chi connectivity index (χ1v) is 5.33. The van der Waals surface area contributed by atoms with Crippen LogP contribution in [-0.4, -0.2) is 36.1 Å². The smallest absolute Gasteiger partial charge is 0.0642 e. The third kappa shape index (κ3) is 2.29. The lowest BCUT2D eigenvalue weighted by Crippen LogP contribution is -2.36. The Morgan fingerprint density at radius 3 is 2.69 bits per heavy atom. The Morgan fingerprint density at radius 2 is 2.00 bits per heavy atom. The number of hydrogen-bond acceptors (Lipinski definition) is 3. The number of hydrogen-bond donors (Lipinski definition) is 0. The van der Waals surface area contributed by atoms with Crippen molar-refractivity contribution < 1.29 is 4.74 Å². The lowest BCUT2D eigenvalue weighted by molar-refractivity contribution is 0.0519. The van der Waals surface area contributed by atoms with Gasteiger partial charge in [0, 0.05) is 23.7 Å². The molecule has 0 radical (unpaired) electrons. The van der Waals surface area contributed by atoms with Crippen LogP contribution in [0, 0.1) is 0 Å². The highest BCUT2D eigenvalue weighted by molar-refractivity contribution is 7.80. The summed E-state index contributed by atoms with van der Waals surface area (Å²) in [6, 6.07) is 0. The van der Waals surface area contributed by atoms with Crippen molar-refractivity contribution >= 4 is 17.1 Å². The van der Waals surface area contributed by atoms with Crippen LogP contribution < -0.4 is 0 Å². The Labute approximate surface area is 84.6 Å². The van der Waals surface area contributed by atoms with Gasteiger partial charge in [0.05, 0.1) is 13.2 Å². The predicted molar refractivity (Wildman–Crippen MR) is 56.9 cm³/mol. The minimum absolute atomic E-state index is 0.865. The van der Waals surface area contributed by atoms with Gasteiger partial charge in [-0.1, -0.05) is 12.2 Å². The molecule has 0 aromatic carbocycles. The van der Waals surface area contributed by atoms with Crippen molar-refractivity contribution in [3.8, 4) is 0 Å². The molecule has 2 nitrogen and oxygen atoms in total. The maximum absolute atomic E-state index is 5.32. The molecule has 0 saturated carbocycles. The maximum atomic E-state index is 5.32. The van der Waals surface area contributed by atoms with E-state index in [1.54, 1.807) is 0 Å². The first-order chi connectivity index (χ1) is 6.36. The molecule has 1 saturated heterocycles. The zero-order chi connectivity index (χ0) is 9.10. The summed E-state index contributed by atoms with van der Waals surface area (Å²) in [5.74, 6) is 0. The zero-order valence-electron chi connectivity index (χ0n) is 7.79. The first-order valence-electron chi connectivity index (χ1n) is 4.92. The second-order valence-corrected chi connectivity index (χ2v) is 4.08. The average Bonchev–Trinajstić information content (AvgIpc) is 2.19. The maximum Gasteiger partial charge on any atom is 0.0642 e. The number of ether oxygens (including phenoxy) is 1. The largest absolute Gasteiger partial charge is 0.378 e. The van der Waals surface area contributed by atoms with Crippen LogP contribution in [0.25, 0.3) is 0 Å². The van der Waals surface area contributed by atoms with Gasteiger partial charge in [-0.25, -0.2) is 0 Å². The third-order valence-electron chi connectivity index (χ3n) is 2.60. The van der Waals surface area contributed by atoms with Crippen LogP contribution in [-0.2, 0) is 4.74 Å². The Hall–Kier alpha value is -0.410. The van der Waals surface area contributed by atoms with Crippen molar-refractivity contribution in [3.63, 3.8) is 0 Å². The van der Waals surface area contributed by atoms with Crippen molar-refractivity contribution in [2.75, 3.05) is 26.3 Å².